The van der Waals surface area contributed by atoms with E-state index in [0.717, 1.165) is 49.4 Å². The molecule has 2 aliphatic heterocycles. The van der Waals surface area contributed by atoms with Crippen LogP contribution >= 0.6 is 0 Å². The molecule has 0 spiro atoms. The summed E-state index contributed by atoms with van der Waals surface area (Å²) in [4.78, 5) is 7.75. The average molecular weight is 433 g/mol. The van der Waals surface area contributed by atoms with Crippen molar-refractivity contribution >= 4 is 11.5 Å². The zero-order valence-electron chi connectivity index (χ0n) is 20.5. The third-order valence-electron chi connectivity index (χ3n) is 7.48. The maximum atomic E-state index is 6.06. The van der Waals surface area contributed by atoms with Crippen LogP contribution in [0.2, 0.25) is 0 Å². The van der Waals surface area contributed by atoms with E-state index < -0.39 is 0 Å². The molecule has 4 heterocycles. The fourth-order valence-corrected chi connectivity index (χ4v) is 6.04. The Morgan fingerprint density at radius 2 is 1.75 bits per heavy atom. The van der Waals surface area contributed by atoms with E-state index in [1.165, 1.54) is 52.0 Å². The van der Waals surface area contributed by atoms with E-state index in [-0.39, 0.29) is 0 Å². The Morgan fingerprint density at radius 3 is 2.41 bits per heavy atom. The van der Waals surface area contributed by atoms with Gasteiger partial charge in [0.1, 0.15) is 5.82 Å². The number of aromatic nitrogens is 3. The van der Waals surface area contributed by atoms with Gasteiger partial charge in [0, 0.05) is 30.5 Å². The second-order valence-electron chi connectivity index (χ2n) is 9.86. The van der Waals surface area contributed by atoms with Gasteiger partial charge in [0.2, 0.25) is 0 Å². The Balaban J connectivity index is 1.74. The normalized spacial score (nSPS) is 20.9. The predicted molar refractivity (Wildman–Crippen MR) is 131 cm³/mol. The number of aryl methyl sites for hydroxylation is 5. The summed E-state index contributed by atoms with van der Waals surface area (Å²) in [5, 5.41) is 5.11. The lowest BCUT2D eigenvalue weighted by atomic mass is 9.93. The van der Waals surface area contributed by atoms with Crippen molar-refractivity contribution in [2.24, 2.45) is 0 Å². The van der Waals surface area contributed by atoms with Crippen LogP contribution in [0, 0.1) is 34.6 Å². The zero-order chi connectivity index (χ0) is 22.6. The fourth-order valence-electron chi connectivity index (χ4n) is 6.04. The average Bonchev–Trinajstić information content (AvgIpc) is 3.36. The molecule has 2 aromatic heterocycles. The molecular weight excluding hydrogens is 396 g/mol. The van der Waals surface area contributed by atoms with Gasteiger partial charge in [-0.1, -0.05) is 24.6 Å². The molecule has 2 unspecified atom stereocenters. The third-order valence-corrected chi connectivity index (χ3v) is 7.48. The van der Waals surface area contributed by atoms with E-state index in [1.807, 2.05) is 0 Å². The SMILES string of the molecule is CCC1CCc2c(C)nc3c(-c4c(C)cc(C)cc4C)c(C)nn3c2N1CC1CCCO1. The molecule has 0 aliphatic carbocycles. The summed E-state index contributed by atoms with van der Waals surface area (Å²) in [6, 6.07) is 5.06. The third kappa shape index (κ3) is 3.42. The molecule has 32 heavy (non-hydrogen) atoms. The van der Waals surface area contributed by atoms with E-state index in [2.05, 4.69) is 63.1 Å². The smallest absolute Gasteiger partial charge is 0.165 e. The van der Waals surface area contributed by atoms with Crippen molar-refractivity contribution in [3.63, 3.8) is 0 Å². The Hall–Kier alpha value is -2.40. The summed E-state index contributed by atoms with van der Waals surface area (Å²) in [7, 11) is 0. The molecule has 1 saturated heterocycles. The predicted octanol–water partition coefficient (Wildman–Crippen LogP) is 5.65. The van der Waals surface area contributed by atoms with E-state index in [9.17, 15) is 0 Å². The monoisotopic (exact) mass is 432 g/mol. The van der Waals surface area contributed by atoms with Crippen molar-refractivity contribution in [2.45, 2.75) is 85.8 Å². The molecule has 0 bridgehead atoms. The lowest BCUT2D eigenvalue weighted by Crippen LogP contribution is -2.45. The maximum absolute atomic E-state index is 6.06. The lowest BCUT2D eigenvalue weighted by molar-refractivity contribution is 0.113. The van der Waals surface area contributed by atoms with Crippen LogP contribution in [0.15, 0.2) is 12.1 Å². The first-order valence-corrected chi connectivity index (χ1v) is 12.2. The molecule has 0 amide bonds. The molecule has 5 rings (SSSR count). The van der Waals surface area contributed by atoms with Crippen molar-refractivity contribution in [3.05, 3.63) is 45.8 Å². The molecule has 2 atom stereocenters. The molecule has 0 N–H and O–H groups in total. The number of fused-ring (bicyclic) bond motifs is 3. The standard InChI is InChI=1S/C27H36N4O/c1-7-21-10-11-23-19(5)28-26-25(24-17(3)13-16(2)14-18(24)4)20(6)29-31(26)27(23)30(21)15-22-9-8-12-32-22/h13-14,21-22H,7-12,15H2,1-6H3. The number of nitrogens with zero attached hydrogens (tertiary/aromatic N) is 4. The first-order valence-electron chi connectivity index (χ1n) is 12.2. The zero-order valence-corrected chi connectivity index (χ0v) is 20.5. The van der Waals surface area contributed by atoms with Gasteiger partial charge in [-0.05, 0) is 83.4 Å². The Kier molecular flexibility index (Phi) is 5.48. The second kappa shape index (κ2) is 8.18. The molecule has 170 valence electrons. The summed E-state index contributed by atoms with van der Waals surface area (Å²) in [5.74, 6) is 1.25. The molecular formula is C27H36N4O. The number of rotatable bonds is 4. The van der Waals surface area contributed by atoms with Crippen LogP contribution in [0.25, 0.3) is 16.8 Å². The highest BCUT2D eigenvalue weighted by molar-refractivity contribution is 5.85. The molecule has 3 aromatic rings. The van der Waals surface area contributed by atoms with Crippen molar-refractivity contribution in [3.8, 4) is 11.1 Å². The van der Waals surface area contributed by atoms with Crippen molar-refractivity contribution in [1.29, 1.82) is 0 Å². The van der Waals surface area contributed by atoms with Crippen LogP contribution in [0.4, 0.5) is 5.82 Å². The van der Waals surface area contributed by atoms with Crippen LogP contribution in [0.3, 0.4) is 0 Å². The van der Waals surface area contributed by atoms with Gasteiger partial charge in [-0.3, -0.25) is 0 Å². The van der Waals surface area contributed by atoms with Gasteiger partial charge in [-0.25, -0.2) is 4.98 Å². The minimum atomic E-state index is 0.316. The van der Waals surface area contributed by atoms with Crippen LogP contribution in [-0.2, 0) is 11.2 Å². The highest BCUT2D eigenvalue weighted by atomic mass is 16.5. The van der Waals surface area contributed by atoms with Crippen LogP contribution in [0.5, 0.6) is 0 Å². The van der Waals surface area contributed by atoms with E-state index >= 15 is 0 Å². The molecule has 5 nitrogen and oxygen atoms in total. The van der Waals surface area contributed by atoms with E-state index in [4.69, 9.17) is 14.8 Å². The summed E-state index contributed by atoms with van der Waals surface area (Å²) in [5.41, 5.74) is 10.9. The van der Waals surface area contributed by atoms with E-state index in [1.54, 1.807) is 0 Å². The maximum Gasteiger partial charge on any atom is 0.165 e. The molecule has 0 saturated carbocycles. The molecule has 0 radical (unpaired) electrons. The highest BCUT2D eigenvalue weighted by Gasteiger charge is 2.33. The van der Waals surface area contributed by atoms with Crippen molar-refractivity contribution < 1.29 is 4.74 Å². The molecule has 2 aliphatic rings. The fraction of sp³-hybridized carbons (Fsp3) is 0.556. The van der Waals surface area contributed by atoms with Crippen LogP contribution < -0.4 is 4.90 Å². The molecule has 1 fully saturated rings. The number of hydrogen-bond donors (Lipinski definition) is 0. The summed E-state index contributed by atoms with van der Waals surface area (Å²) >= 11 is 0. The minimum absolute atomic E-state index is 0.316. The number of ether oxygens (including phenoxy) is 1. The van der Waals surface area contributed by atoms with Crippen molar-refractivity contribution in [2.75, 3.05) is 18.1 Å². The van der Waals surface area contributed by atoms with Gasteiger partial charge in [-0.15, -0.1) is 0 Å². The lowest BCUT2D eigenvalue weighted by Gasteiger charge is -2.40. The summed E-state index contributed by atoms with van der Waals surface area (Å²) in [6.07, 6.45) is 6.02. The van der Waals surface area contributed by atoms with Gasteiger partial charge in [0.25, 0.3) is 0 Å². The minimum Gasteiger partial charge on any atom is -0.376 e. The topological polar surface area (TPSA) is 42.7 Å². The van der Waals surface area contributed by atoms with Gasteiger partial charge < -0.3 is 9.64 Å². The highest BCUT2D eigenvalue weighted by Crippen LogP contribution is 2.39. The van der Waals surface area contributed by atoms with Gasteiger partial charge in [0.15, 0.2) is 5.65 Å². The Bertz CT molecular complexity index is 1150. The van der Waals surface area contributed by atoms with E-state index in [0.29, 0.717) is 12.1 Å². The van der Waals surface area contributed by atoms with Crippen LogP contribution in [-0.4, -0.2) is 39.9 Å². The molecule has 1 aromatic carbocycles. The Labute approximate surface area is 191 Å². The molecule has 5 heteroatoms. The number of benzene rings is 1. The largest absolute Gasteiger partial charge is 0.376 e. The number of hydrogen-bond acceptors (Lipinski definition) is 4. The quantitative estimate of drug-likeness (QED) is 0.534. The summed E-state index contributed by atoms with van der Waals surface area (Å²) in [6.45, 7) is 15.0. The summed E-state index contributed by atoms with van der Waals surface area (Å²) < 4.78 is 8.22. The first-order chi connectivity index (χ1) is 15.4. The Morgan fingerprint density at radius 1 is 1.00 bits per heavy atom. The van der Waals surface area contributed by atoms with Gasteiger partial charge in [0.05, 0.1) is 17.4 Å². The number of anilines is 1. The van der Waals surface area contributed by atoms with Crippen LogP contribution in [0.1, 0.15) is 66.2 Å². The first kappa shape index (κ1) is 21.4. The van der Waals surface area contributed by atoms with Gasteiger partial charge in [-0.2, -0.15) is 9.61 Å². The van der Waals surface area contributed by atoms with Gasteiger partial charge >= 0.3 is 0 Å². The van der Waals surface area contributed by atoms with Crippen molar-refractivity contribution in [1.82, 2.24) is 14.6 Å². The second-order valence-corrected chi connectivity index (χ2v) is 9.86.